The standard InChI is InChI=1S/C29H44N2O6S2/c1-2-20(17-28-31(19-29(32)33)23-10-6-7-11-26(23)38-28)16-27-30(14-15-39(34,35)36)24-18-22(12-13-25(24)37-27)21-8-4-3-5-9-21/h16-17,21-26H,2-15,18-19H2,1H3,(H-,32,33,34,35,36)/p+1. The molecule has 4 fully saturated rings. The first-order valence-electron chi connectivity index (χ1n) is 15.0. The number of thioether (sulfide) groups is 1. The third-order valence-electron chi connectivity index (χ3n) is 9.61. The Hall–Kier alpha value is -1.52. The first-order chi connectivity index (χ1) is 18.7. The Morgan fingerprint density at radius 2 is 1.82 bits per heavy atom. The molecular formula is C29H45N2O6S2+. The first kappa shape index (κ1) is 29.0. The summed E-state index contributed by atoms with van der Waals surface area (Å²) in [5.41, 5.74) is 1.04. The Morgan fingerprint density at radius 3 is 2.54 bits per heavy atom. The minimum absolute atomic E-state index is 0.0112. The molecule has 0 spiro atoms. The number of carbonyl (C=O) groups is 1. The van der Waals surface area contributed by atoms with Crippen LogP contribution in [-0.2, 0) is 19.6 Å². The molecule has 218 valence electrons. The molecule has 3 saturated carbocycles. The monoisotopic (exact) mass is 581 g/mol. The third kappa shape index (κ3) is 7.04. The Balaban J connectivity index is 1.41. The van der Waals surface area contributed by atoms with E-state index in [0.717, 1.165) is 61.5 Å². The Bertz CT molecular complexity index is 1110. The minimum atomic E-state index is -4.10. The van der Waals surface area contributed by atoms with Gasteiger partial charge in [0.25, 0.3) is 10.1 Å². The highest BCUT2D eigenvalue weighted by molar-refractivity contribution is 8.14. The van der Waals surface area contributed by atoms with E-state index >= 15 is 0 Å². The van der Waals surface area contributed by atoms with E-state index in [2.05, 4.69) is 22.5 Å². The van der Waals surface area contributed by atoms with E-state index in [1.54, 1.807) is 11.8 Å². The lowest BCUT2D eigenvalue weighted by Crippen LogP contribution is -2.43. The van der Waals surface area contributed by atoms with Crippen molar-refractivity contribution in [3.05, 3.63) is 23.6 Å². The van der Waals surface area contributed by atoms with Crippen molar-refractivity contribution in [2.24, 2.45) is 11.8 Å². The van der Waals surface area contributed by atoms with Crippen LogP contribution in [0.1, 0.15) is 90.4 Å². The van der Waals surface area contributed by atoms with Gasteiger partial charge in [-0.1, -0.05) is 45.4 Å². The lowest BCUT2D eigenvalue weighted by atomic mass is 9.71. The molecule has 2 N–H and O–H groups in total. The fraction of sp³-hybridized carbons (Fsp3) is 0.793. The van der Waals surface area contributed by atoms with Gasteiger partial charge in [0, 0.05) is 25.1 Å². The minimum Gasteiger partial charge on any atom is -0.477 e. The number of rotatable bonds is 9. The number of fused-ring (bicyclic) bond motifs is 2. The topological polar surface area (TPSA) is 107 Å². The Morgan fingerprint density at radius 1 is 1.08 bits per heavy atom. The second-order valence-electron chi connectivity index (χ2n) is 12.1. The zero-order valence-electron chi connectivity index (χ0n) is 23.2. The molecule has 5 atom stereocenters. The number of ether oxygens (including phenoxy) is 1. The van der Waals surface area contributed by atoms with Crippen molar-refractivity contribution in [1.82, 2.24) is 4.90 Å². The van der Waals surface area contributed by atoms with Crippen LogP contribution in [0.5, 0.6) is 0 Å². The van der Waals surface area contributed by atoms with Crippen LogP contribution in [-0.4, -0.2) is 80.8 Å². The summed E-state index contributed by atoms with van der Waals surface area (Å²) >= 11 is 1.80. The summed E-state index contributed by atoms with van der Waals surface area (Å²) in [5.74, 6) is 0.955. The molecule has 8 nitrogen and oxygen atoms in total. The van der Waals surface area contributed by atoms with Crippen LogP contribution in [0.3, 0.4) is 0 Å². The van der Waals surface area contributed by atoms with Crippen molar-refractivity contribution in [3.8, 4) is 0 Å². The van der Waals surface area contributed by atoms with Crippen LogP contribution >= 0.6 is 11.8 Å². The van der Waals surface area contributed by atoms with Gasteiger partial charge in [-0.05, 0) is 67.7 Å². The molecule has 3 aliphatic carbocycles. The highest BCUT2D eigenvalue weighted by Crippen LogP contribution is 2.44. The molecule has 5 rings (SSSR count). The maximum absolute atomic E-state index is 11.7. The zero-order chi connectivity index (χ0) is 27.6. The van der Waals surface area contributed by atoms with Crippen molar-refractivity contribution in [1.29, 1.82) is 0 Å². The van der Waals surface area contributed by atoms with Gasteiger partial charge in [-0.25, -0.2) is 9.37 Å². The van der Waals surface area contributed by atoms with E-state index in [-0.39, 0.29) is 37.0 Å². The number of hydrogen-bond acceptors (Lipinski definition) is 6. The van der Waals surface area contributed by atoms with E-state index in [1.165, 1.54) is 38.5 Å². The first-order valence-corrected chi connectivity index (χ1v) is 17.5. The van der Waals surface area contributed by atoms with Gasteiger partial charge in [-0.3, -0.25) is 4.55 Å². The van der Waals surface area contributed by atoms with Gasteiger partial charge in [-0.2, -0.15) is 8.42 Å². The Kier molecular flexibility index (Phi) is 9.33. The maximum atomic E-state index is 11.7. The fourth-order valence-corrected chi connectivity index (χ4v) is 9.64. The molecular weight excluding hydrogens is 536 g/mol. The highest BCUT2D eigenvalue weighted by Gasteiger charge is 2.46. The molecule has 39 heavy (non-hydrogen) atoms. The molecule has 2 heterocycles. The highest BCUT2D eigenvalue weighted by atomic mass is 32.2. The van der Waals surface area contributed by atoms with Gasteiger partial charge >= 0.3 is 5.97 Å². The van der Waals surface area contributed by atoms with Gasteiger partial charge in [0.2, 0.25) is 11.6 Å². The normalized spacial score (nSPS) is 33.3. The largest absolute Gasteiger partial charge is 0.477 e. The quantitative estimate of drug-likeness (QED) is 0.288. The lowest BCUT2D eigenvalue weighted by Gasteiger charge is -2.39. The summed E-state index contributed by atoms with van der Waals surface area (Å²) in [6.45, 7) is 2.30. The molecule has 5 unspecified atom stereocenters. The van der Waals surface area contributed by atoms with Crippen molar-refractivity contribution in [2.45, 2.75) is 114 Å². The molecule has 2 aliphatic heterocycles. The van der Waals surface area contributed by atoms with Crippen LogP contribution in [0, 0.1) is 11.8 Å². The van der Waals surface area contributed by atoms with Crippen molar-refractivity contribution in [2.75, 3.05) is 18.8 Å². The van der Waals surface area contributed by atoms with Gasteiger partial charge in [0.1, 0.15) is 6.10 Å². The second kappa shape index (κ2) is 12.6. The predicted octanol–water partition coefficient (Wildman–Crippen LogP) is 5.06. The van der Waals surface area contributed by atoms with E-state index in [1.807, 2.05) is 6.08 Å². The average molecular weight is 582 g/mol. The molecule has 0 amide bonds. The average Bonchev–Trinajstić information content (AvgIpc) is 3.43. The zero-order valence-corrected chi connectivity index (χ0v) is 24.8. The summed E-state index contributed by atoms with van der Waals surface area (Å²) < 4.78 is 41.6. The fourth-order valence-electron chi connectivity index (χ4n) is 7.62. The third-order valence-corrected chi connectivity index (χ3v) is 11.8. The second-order valence-corrected chi connectivity index (χ2v) is 14.9. The Labute approximate surface area is 237 Å². The van der Waals surface area contributed by atoms with Crippen molar-refractivity contribution < 1.29 is 32.2 Å². The van der Waals surface area contributed by atoms with E-state index < -0.39 is 16.1 Å². The number of aliphatic carboxylic acids is 1. The summed E-state index contributed by atoms with van der Waals surface area (Å²) in [4.78, 5) is 13.8. The van der Waals surface area contributed by atoms with E-state index in [4.69, 9.17) is 4.74 Å². The van der Waals surface area contributed by atoms with Crippen molar-refractivity contribution >= 4 is 32.9 Å². The molecule has 0 bridgehead atoms. The number of hydrogen-bond donors (Lipinski definition) is 2. The smallest absolute Gasteiger partial charge is 0.369 e. The summed E-state index contributed by atoms with van der Waals surface area (Å²) in [5, 5.41) is 11.1. The molecule has 0 aromatic rings. The van der Waals surface area contributed by atoms with E-state index in [9.17, 15) is 22.9 Å². The number of carboxylic acids is 1. The van der Waals surface area contributed by atoms with Gasteiger partial charge in [0.15, 0.2) is 11.9 Å². The van der Waals surface area contributed by atoms with Gasteiger partial charge in [0.05, 0.1) is 17.0 Å². The number of allylic oxidation sites excluding steroid dienone is 2. The molecule has 10 heteroatoms. The van der Waals surface area contributed by atoms with E-state index in [0.29, 0.717) is 17.1 Å². The maximum Gasteiger partial charge on any atom is 0.369 e. The molecule has 1 saturated heterocycles. The lowest BCUT2D eigenvalue weighted by molar-refractivity contribution is -0.552. The molecule has 0 aromatic carbocycles. The van der Waals surface area contributed by atoms with Crippen LogP contribution < -0.4 is 0 Å². The summed E-state index contributed by atoms with van der Waals surface area (Å²) in [6.07, 6.45) is 19.1. The van der Waals surface area contributed by atoms with Gasteiger partial charge < -0.3 is 14.7 Å². The molecule has 5 aliphatic rings. The SMILES string of the molecule is CCC(=CC1=[N+](CC(=O)O)C2CCCCC2S1)C=C1OC2CCC(C3CCCCC3)CC2N1CCS(=O)(=O)O. The summed E-state index contributed by atoms with van der Waals surface area (Å²) in [7, 11) is -4.10. The van der Waals surface area contributed by atoms with Crippen LogP contribution in [0.4, 0.5) is 0 Å². The van der Waals surface area contributed by atoms with Crippen molar-refractivity contribution in [3.63, 3.8) is 0 Å². The number of carboxylic acid groups (broad SMARTS) is 1. The van der Waals surface area contributed by atoms with Crippen LogP contribution in [0.15, 0.2) is 23.6 Å². The van der Waals surface area contributed by atoms with Crippen LogP contribution in [0.2, 0.25) is 0 Å². The predicted molar refractivity (Wildman–Crippen MR) is 154 cm³/mol. The summed E-state index contributed by atoms with van der Waals surface area (Å²) in [6, 6.07) is 0.391. The molecule has 0 aromatic heterocycles. The molecule has 0 radical (unpaired) electrons. The van der Waals surface area contributed by atoms with Crippen LogP contribution in [0.25, 0.3) is 0 Å². The number of nitrogens with zero attached hydrogens (tertiary/aromatic N) is 2. The van der Waals surface area contributed by atoms with Gasteiger partial charge in [-0.15, -0.1) is 0 Å².